The highest BCUT2D eigenvalue weighted by atomic mass is 35.5. The molecule has 1 aromatic rings. The van der Waals surface area contributed by atoms with Gasteiger partial charge in [-0.05, 0) is 12.1 Å². The molecule has 1 rings (SSSR count). The van der Waals surface area contributed by atoms with Crippen molar-refractivity contribution in [3.05, 3.63) is 30.3 Å². The molecule has 18 heavy (non-hydrogen) atoms. The molecule has 0 saturated heterocycles. The lowest BCUT2D eigenvalue weighted by molar-refractivity contribution is -0.121. The van der Waals surface area contributed by atoms with Crippen molar-refractivity contribution in [1.82, 2.24) is 5.32 Å². The third kappa shape index (κ3) is 7.14. The predicted molar refractivity (Wildman–Crippen MR) is 71.1 cm³/mol. The van der Waals surface area contributed by atoms with Crippen LogP contribution in [0.3, 0.4) is 0 Å². The Morgan fingerprint density at radius 3 is 2.67 bits per heavy atom. The molecule has 100 valence electrons. The van der Waals surface area contributed by atoms with Crippen LogP contribution in [-0.2, 0) is 9.53 Å². The van der Waals surface area contributed by atoms with Gasteiger partial charge in [-0.25, -0.2) is 0 Å². The Bertz CT molecular complexity index is 332. The fourth-order valence-electron chi connectivity index (χ4n) is 1.29. The van der Waals surface area contributed by atoms with E-state index in [1.807, 2.05) is 30.3 Å². The summed E-state index contributed by atoms with van der Waals surface area (Å²) in [6.45, 7) is 1.87. The quantitative estimate of drug-likeness (QED) is 0.551. The Morgan fingerprint density at radius 2 is 1.94 bits per heavy atom. The van der Waals surface area contributed by atoms with Gasteiger partial charge in [-0.15, -0.1) is 11.6 Å². The molecule has 1 N–H and O–H groups in total. The Balaban J connectivity index is 2.00. The largest absolute Gasteiger partial charge is 0.493 e. The second kappa shape index (κ2) is 9.74. The Hall–Kier alpha value is -1.26. The van der Waals surface area contributed by atoms with E-state index in [2.05, 4.69) is 5.32 Å². The van der Waals surface area contributed by atoms with E-state index in [1.165, 1.54) is 0 Å². The Labute approximate surface area is 112 Å². The van der Waals surface area contributed by atoms with Crippen LogP contribution in [0.1, 0.15) is 6.42 Å². The predicted octanol–water partition coefficient (Wildman–Crippen LogP) is 1.83. The average Bonchev–Trinajstić information content (AvgIpc) is 2.40. The number of carbonyl (C=O) groups is 1. The van der Waals surface area contributed by atoms with Crippen molar-refractivity contribution in [3.8, 4) is 5.75 Å². The number of amides is 1. The summed E-state index contributed by atoms with van der Waals surface area (Å²) in [6, 6.07) is 9.42. The highest BCUT2D eigenvalue weighted by Crippen LogP contribution is 2.08. The number of halogens is 1. The molecule has 0 fully saturated rings. The lowest BCUT2D eigenvalue weighted by atomic mass is 10.3. The molecule has 0 aromatic heterocycles. The van der Waals surface area contributed by atoms with Crippen LogP contribution in [0.2, 0.25) is 0 Å². The van der Waals surface area contributed by atoms with Gasteiger partial charge in [0.15, 0.2) is 0 Å². The van der Waals surface area contributed by atoms with E-state index in [4.69, 9.17) is 21.1 Å². The van der Waals surface area contributed by atoms with Gasteiger partial charge in [0, 0.05) is 12.4 Å². The standard InChI is InChI=1S/C13H18ClNO3/c14-7-10-17-11-8-15-13(16)6-9-18-12-4-2-1-3-5-12/h1-5H,6-11H2,(H,15,16). The average molecular weight is 272 g/mol. The van der Waals surface area contributed by atoms with E-state index in [-0.39, 0.29) is 5.91 Å². The maximum atomic E-state index is 11.4. The van der Waals surface area contributed by atoms with E-state index < -0.39 is 0 Å². The molecular weight excluding hydrogens is 254 g/mol. The third-order valence-corrected chi connectivity index (χ3v) is 2.29. The molecule has 1 amide bonds. The van der Waals surface area contributed by atoms with Crippen LogP contribution in [0.5, 0.6) is 5.75 Å². The molecule has 0 atom stereocenters. The first-order chi connectivity index (χ1) is 8.83. The van der Waals surface area contributed by atoms with Crippen LogP contribution >= 0.6 is 11.6 Å². The van der Waals surface area contributed by atoms with E-state index in [9.17, 15) is 4.79 Å². The molecule has 0 aliphatic rings. The third-order valence-electron chi connectivity index (χ3n) is 2.13. The summed E-state index contributed by atoms with van der Waals surface area (Å²) in [5.74, 6) is 1.20. The number of benzene rings is 1. The van der Waals surface area contributed by atoms with Gasteiger partial charge < -0.3 is 14.8 Å². The molecule has 0 unspecified atom stereocenters. The van der Waals surface area contributed by atoms with Crippen molar-refractivity contribution in [3.63, 3.8) is 0 Å². The molecule has 0 bridgehead atoms. The first-order valence-corrected chi connectivity index (χ1v) is 6.44. The SMILES string of the molecule is O=C(CCOc1ccccc1)NCCOCCCl. The van der Waals surface area contributed by atoms with Crippen LogP contribution in [0, 0.1) is 0 Å². The van der Waals surface area contributed by atoms with Crippen molar-refractivity contribution < 1.29 is 14.3 Å². The number of rotatable bonds is 9. The molecule has 0 aliphatic heterocycles. The number of hydrogen-bond donors (Lipinski definition) is 1. The zero-order valence-corrected chi connectivity index (χ0v) is 11.0. The molecule has 0 spiro atoms. The number of hydrogen-bond acceptors (Lipinski definition) is 3. The fourth-order valence-corrected chi connectivity index (χ4v) is 1.40. The molecule has 0 heterocycles. The molecular formula is C13H18ClNO3. The van der Waals surface area contributed by atoms with Crippen LogP contribution in [-0.4, -0.2) is 38.2 Å². The smallest absolute Gasteiger partial charge is 0.223 e. The topological polar surface area (TPSA) is 47.6 Å². The monoisotopic (exact) mass is 271 g/mol. The van der Waals surface area contributed by atoms with E-state index in [1.54, 1.807) is 0 Å². The van der Waals surface area contributed by atoms with E-state index >= 15 is 0 Å². The molecule has 0 radical (unpaired) electrons. The first kappa shape index (κ1) is 14.8. The van der Waals surface area contributed by atoms with Gasteiger partial charge >= 0.3 is 0 Å². The summed E-state index contributed by atoms with van der Waals surface area (Å²) < 4.78 is 10.5. The van der Waals surface area contributed by atoms with Crippen LogP contribution < -0.4 is 10.1 Å². The number of para-hydroxylation sites is 1. The molecule has 5 heteroatoms. The summed E-state index contributed by atoms with van der Waals surface area (Å²) in [5, 5.41) is 2.74. The molecule has 0 saturated carbocycles. The van der Waals surface area contributed by atoms with Gasteiger partial charge in [-0.3, -0.25) is 4.79 Å². The highest BCUT2D eigenvalue weighted by Gasteiger charge is 2.01. The maximum Gasteiger partial charge on any atom is 0.223 e. The summed E-state index contributed by atoms with van der Waals surface area (Å²) in [6.07, 6.45) is 0.338. The van der Waals surface area contributed by atoms with Gasteiger partial charge in [-0.1, -0.05) is 18.2 Å². The lowest BCUT2D eigenvalue weighted by Crippen LogP contribution is -2.28. The fraction of sp³-hybridized carbons (Fsp3) is 0.462. The zero-order valence-electron chi connectivity index (χ0n) is 10.2. The minimum Gasteiger partial charge on any atom is -0.493 e. The summed E-state index contributed by atoms with van der Waals surface area (Å²) in [4.78, 5) is 11.4. The molecule has 4 nitrogen and oxygen atoms in total. The van der Waals surface area contributed by atoms with Crippen molar-refractivity contribution >= 4 is 17.5 Å². The Morgan fingerprint density at radius 1 is 1.17 bits per heavy atom. The zero-order chi connectivity index (χ0) is 13.1. The van der Waals surface area contributed by atoms with Crippen molar-refractivity contribution in [2.24, 2.45) is 0 Å². The van der Waals surface area contributed by atoms with Gasteiger partial charge in [0.1, 0.15) is 5.75 Å². The number of nitrogens with one attached hydrogen (secondary N) is 1. The van der Waals surface area contributed by atoms with Crippen molar-refractivity contribution in [2.75, 3.05) is 32.2 Å². The second-order valence-electron chi connectivity index (χ2n) is 3.56. The molecule has 1 aromatic carbocycles. The summed E-state index contributed by atoms with van der Waals surface area (Å²) in [5.41, 5.74) is 0. The van der Waals surface area contributed by atoms with Gasteiger partial charge in [-0.2, -0.15) is 0 Å². The number of alkyl halides is 1. The minimum atomic E-state index is -0.0413. The number of carbonyl (C=O) groups excluding carboxylic acids is 1. The minimum absolute atomic E-state index is 0.0413. The van der Waals surface area contributed by atoms with Gasteiger partial charge in [0.2, 0.25) is 5.91 Å². The second-order valence-corrected chi connectivity index (χ2v) is 3.94. The lowest BCUT2D eigenvalue weighted by Gasteiger charge is -2.07. The maximum absolute atomic E-state index is 11.4. The first-order valence-electron chi connectivity index (χ1n) is 5.91. The van der Waals surface area contributed by atoms with Crippen LogP contribution in [0.25, 0.3) is 0 Å². The summed E-state index contributed by atoms with van der Waals surface area (Å²) >= 11 is 5.44. The van der Waals surface area contributed by atoms with Crippen LogP contribution in [0.15, 0.2) is 30.3 Å². The van der Waals surface area contributed by atoms with E-state index in [0.717, 1.165) is 5.75 Å². The molecule has 0 aliphatic carbocycles. The Kier molecular flexibility index (Phi) is 8.01. The highest BCUT2D eigenvalue weighted by molar-refractivity contribution is 6.17. The van der Waals surface area contributed by atoms with Gasteiger partial charge in [0.25, 0.3) is 0 Å². The summed E-state index contributed by atoms with van der Waals surface area (Å²) in [7, 11) is 0. The normalized spacial score (nSPS) is 10.1. The number of ether oxygens (including phenoxy) is 2. The van der Waals surface area contributed by atoms with Crippen molar-refractivity contribution in [1.29, 1.82) is 0 Å². The van der Waals surface area contributed by atoms with Crippen molar-refractivity contribution in [2.45, 2.75) is 6.42 Å². The van der Waals surface area contributed by atoms with E-state index in [0.29, 0.717) is 38.7 Å². The van der Waals surface area contributed by atoms with Gasteiger partial charge in [0.05, 0.1) is 26.2 Å². The van der Waals surface area contributed by atoms with Crippen LogP contribution in [0.4, 0.5) is 0 Å².